The number of carbonyl (C=O) groups excluding carboxylic acids is 1. The maximum atomic E-state index is 11.2. The molecule has 0 atom stereocenters. The third-order valence-electron chi connectivity index (χ3n) is 1.84. The molecule has 0 fully saturated rings. The van der Waals surface area contributed by atoms with Gasteiger partial charge < -0.3 is 5.84 Å². The van der Waals surface area contributed by atoms with Gasteiger partial charge in [0.25, 0.3) is 0 Å². The van der Waals surface area contributed by atoms with Crippen LogP contribution in [0.25, 0.3) is 0 Å². The largest absolute Gasteiger partial charge is 0.323 e. The Kier molecular flexibility index (Phi) is 2.59. The van der Waals surface area contributed by atoms with E-state index in [2.05, 4.69) is 5.10 Å². The Morgan fingerprint density at radius 1 is 1.67 bits per heavy atom. The summed E-state index contributed by atoms with van der Waals surface area (Å²) in [5, 5.41) is 11.7. The highest BCUT2D eigenvalue weighted by molar-refractivity contribution is 6.35. The van der Waals surface area contributed by atoms with E-state index in [1.54, 1.807) is 0 Å². The number of Topliss-reactive ketones (excluding diaryl/α,β-unsaturated/α-hetero) is 1. The average Bonchev–Trinajstić information content (AvgIpc) is 2.51. The summed E-state index contributed by atoms with van der Waals surface area (Å²) in [7, 11) is 0. The van der Waals surface area contributed by atoms with Crippen molar-refractivity contribution < 1.29 is 4.79 Å². The molecule has 62 valence electrons. The highest BCUT2D eigenvalue weighted by atomic mass is 16.1. The molecule has 0 unspecified atom stereocenters. The number of nitrogens with two attached hydrogens (primary N) is 1. The lowest BCUT2D eigenvalue weighted by Gasteiger charge is -1.93. The van der Waals surface area contributed by atoms with Gasteiger partial charge >= 0.3 is 0 Å². The van der Waals surface area contributed by atoms with Crippen LogP contribution in [0.5, 0.6) is 0 Å². The van der Waals surface area contributed by atoms with Gasteiger partial charge in [0.05, 0.1) is 12.3 Å². The van der Waals surface area contributed by atoms with Crippen molar-refractivity contribution in [3.63, 3.8) is 0 Å². The maximum Gasteiger partial charge on any atom is 0.202 e. The van der Waals surface area contributed by atoms with Crippen LogP contribution < -0.4 is 5.84 Å². The highest BCUT2D eigenvalue weighted by Crippen LogP contribution is 2.25. The minimum Gasteiger partial charge on any atom is -0.323 e. The first-order valence-corrected chi connectivity index (χ1v) is 3.69. The molecule has 12 heavy (non-hydrogen) atoms. The molecule has 4 nitrogen and oxygen atoms in total. The van der Waals surface area contributed by atoms with Crippen LogP contribution in [0.15, 0.2) is 16.2 Å². The Labute approximate surface area is 70.4 Å². The second-order valence-electron chi connectivity index (χ2n) is 2.56. The number of hydrogen-bond donors (Lipinski definition) is 1. The van der Waals surface area contributed by atoms with E-state index in [4.69, 9.17) is 11.1 Å². The van der Waals surface area contributed by atoms with Gasteiger partial charge in [-0.05, 0) is 19.3 Å². The summed E-state index contributed by atoms with van der Waals surface area (Å²) in [4.78, 5) is 11.2. The lowest BCUT2D eigenvalue weighted by molar-refractivity contribution is -0.109. The summed E-state index contributed by atoms with van der Waals surface area (Å²) >= 11 is 0. The van der Waals surface area contributed by atoms with Crippen molar-refractivity contribution in [3.05, 3.63) is 11.1 Å². The van der Waals surface area contributed by atoms with E-state index in [1.165, 1.54) is 0 Å². The Bertz CT molecular complexity index is 296. The molecule has 0 spiro atoms. The lowest BCUT2D eigenvalue weighted by Crippen LogP contribution is -2.04. The maximum absolute atomic E-state index is 11.2. The second-order valence-corrected chi connectivity index (χ2v) is 2.56. The molecule has 0 heterocycles. The van der Waals surface area contributed by atoms with Crippen LogP contribution in [-0.2, 0) is 4.79 Å². The van der Waals surface area contributed by atoms with Gasteiger partial charge in [0.2, 0.25) is 5.78 Å². The number of carbonyl (C=O) groups is 1. The monoisotopic (exact) mass is 163 g/mol. The van der Waals surface area contributed by atoms with Crippen LogP contribution in [0.2, 0.25) is 0 Å². The van der Waals surface area contributed by atoms with Crippen LogP contribution in [0.1, 0.15) is 19.3 Å². The summed E-state index contributed by atoms with van der Waals surface area (Å²) < 4.78 is 0. The molecule has 0 amide bonds. The fraction of sp³-hybridized carbons (Fsp3) is 0.375. The summed E-state index contributed by atoms with van der Waals surface area (Å²) in [5.41, 5.74) is 1.16. The Morgan fingerprint density at radius 3 is 3.00 bits per heavy atom. The number of nitrogens with zero attached hydrogens (tertiary/aromatic N) is 2. The Morgan fingerprint density at radius 2 is 2.42 bits per heavy atom. The lowest BCUT2D eigenvalue weighted by atomic mass is 10.1. The van der Waals surface area contributed by atoms with E-state index < -0.39 is 0 Å². The third kappa shape index (κ3) is 1.51. The number of rotatable bonds is 2. The minimum absolute atomic E-state index is 0.230. The third-order valence-corrected chi connectivity index (χ3v) is 1.84. The molecule has 0 aromatic heterocycles. The van der Waals surface area contributed by atoms with Crippen molar-refractivity contribution in [2.24, 2.45) is 10.9 Å². The highest BCUT2D eigenvalue weighted by Gasteiger charge is 2.18. The van der Waals surface area contributed by atoms with E-state index in [-0.39, 0.29) is 5.78 Å². The molecule has 2 N–H and O–H groups in total. The van der Waals surface area contributed by atoms with Crippen molar-refractivity contribution in [2.45, 2.75) is 19.3 Å². The molecule has 0 saturated heterocycles. The van der Waals surface area contributed by atoms with Gasteiger partial charge in [0.1, 0.15) is 0 Å². The van der Waals surface area contributed by atoms with Gasteiger partial charge in [-0.3, -0.25) is 4.79 Å². The predicted molar refractivity (Wildman–Crippen MR) is 44.2 cm³/mol. The van der Waals surface area contributed by atoms with Crippen LogP contribution in [0.3, 0.4) is 0 Å². The molecule has 1 aliphatic carbocycles. The quantitative estimate of drug-likeness (QED) is 0.366. The van der Waals surface area contributed by atoms with Crippen molar-refractivity contribution >= 4 is 12.0 Å². The molecule has 0 radical (unpaired) electrons. The van der Waals surface area contributed by atoms with E-state index in [0.717, 1.165) is 12.6 Å². The predicted octanol–water partition coefficient (Wildman–Crippen LogP) is 0.504. The molecular formula is C8H9N3O. The molecule has 0 aliphatic heterocycles. The van der Waals surface area contributed by atoms with E-state index in [0.29, 0.717) is 24.0 Å². The van der Waals surface area contributed by atoms with Crippen LogP contribution in [0.4, 0.5) is 0 Å². The first-order valence-electron chi connectivity index (χ1n) is 3.69. The first kappa shape index (κ1) is 8.47. The summed E-state index contributed by atoms with van der Waals surface area (Å²) in [5.74, 6) is 4.60. The van der Waals surface area contributed by atoms with Crippen molar-refractivity contribution in [2.75, 3.05) is 0 Å². The van der Waals surface area contributed by atoms with E-state index in [1.807, 2.05) is 6.07 Å². The van der Waals surface area contributed by atoms with Crippen LogP contribution >= 0.6 is 0 Å². The zero-order valence-electron chi connectivity index (χ0n) is 6.58. The molecule has 1 rings (SSSR count). The smallest absolute Gasteiger partial charge is 0.202 e. The van der Waals surface area contributed by atoms with Crippen LogP contribution in [-0.4, -0.2) is 12.0 Å². The van der Waals surface area contributed by atoms with Gasteiger partial charge in [-0.1, -0.05) is 0 Å². The first-order chi connectivity index (χ1) is 5.79. The Balaban J connectivity index is 2.87. The van der Waals surface area contributed by atoms with E-state index >= 15 is 0 Å². The topological polar surface area (TPSA) is 79.2 Å². The zero-order chi connectivity index (χ0) is 8.97. The fourth-order valence-electron chi connectivity index (χ4n) is 1.28. The number of hydrogen-bond acceptors (Lipinski definition) is 4. The van der Waals surface area contributed by atoms with Gasteiger partial charge in [-0.2, -0.15) is 10.4 Å². The van der Waals surface area contributed by atoms with Crippen molar-refractivity contribution in [3.8, 4) is 6.07 Å². The van der Waals surface area contributed by atoms with Crippen molar-refractivity contribution in [1.82, 2.24) is 0 Å². The van der Waals surface area contributed by atoms with Gasteiger partial charge in [0, 0.05) is 11.1 Å². The molecule has 0 aromatic carbocycles. The second kappa shape index (κ2) is 3.67. The molecule has 0 aromatic rings. The molecule has 0 bridgehead atoms. The number of nitriles is 1. The SMILES string of the molecule is N#CC1=C(C(=O)C=NN)CCC1. The zero-order valence-corrected chi connectivity index (χ0v) is 6.58. The standard InChI is InChI=1S/C8H9N3O/c9-4-6-2-1-3-7(6)8(12)5-11-10/h5H,1-3,10H2. The van der Waals surface area contributed by atoms with E-state index in [9.17, 15) is 4.79 Å². The molecular weight excluding hydrogens is 154 g/mol. The number of ketones is 1. The Hall–Kier alpha value is -1.63. The molecule has 1 aliphatic rings. The fourth-order valence-corrected chi connectivity index (χ4v) is 1.28. The minimum atomic E-state index is -0.230. The number of allylic oxidation sites excluding steroid dienone is 2. The van der Waals surface area contributed by atoms with Crippen LogP contribution in [0, 0.1) is 11.3 Å². The summed E-state index contributed by atoms with van der Waals surface area (Å²) in [6.45, 7) is 0. The average molecular weight is 163 g/mol. The molecule has 0 saturated carbocycles. The van der Waals surface area contributed by atoms with Crippen molar-refractivity contribution in [1.29, 1.82) is 5.26 Å². The van der Waals surface area contributed by atoms with Gasteiger partial charge in [-0.25, -0.2) is 0 Å². The molecule has 4 heteroatoms. The van der Waals surface area contributed by atoms with Gasteiger partial charge in [0.15, 0.2) is 0 Å². The summed E-state index contributed by atoms with van der Waals surface area (Å²) in [6.07, 6.45) is 3.31. The number of hydrazone groups is 1. The summed E-state index contributed by atoms with van der Waals surface area (Å²) in [6, 6.07) is 2.01. The van der Waals surface area contributed by atoms with Gasteiger partial charge in [-0.15, -0.1) is 0 Å². The normalized spacial score (nSPS) is 16.9.